The third-order valence-electron chi connectivity index (χ3n) is 3.89. The number of thiophene rings is 1. The molecule has 0 aliphatic carbocycles. The minimum atomic E-state index is -3.46. The van der Waals surface area contributed by atoms with Gasteiger partial charge in [0.25, 0.3) is 0 Å². The molecule has 1 saturated heterocycles. The lowest BCUT2D eigenvalue weighted by atomic mass is 10.1. The highest BCUT2D eigenvalue weighted by Gasteiger charge is 2.27. The number of hydrogen-bond donors (Lipinski definition) is 2. The molecule has 0 saturated carbocycles. The van der Waals surface area contributed by atoms with Gasteiger partial charge in [0.05, 0.1) is 0 Å². The van der Waals surface area contributed by atoms with Crippen molar-refractivity contribution in [2.75, 3.05) is 19.6 Å². The number of nitrogens with zero attached hydrogens (tertiary/aromatic N) is 1. The van der Waals surface area contributed by atoms with Crippen LogP contribution in [0.1, 0.15) is 36.6 Å². The van der Waals surface area contributed by atoms with E-state index in [1.54, 1.807) is 0 Å². The number of nitrogens with two attached hydrogens (primary N) is 1. The summed E-state index contributed by atoms with van der Waals surface area (Å²) in [6, 6.07) is 0.0352. The van der Waals surface area contributed by atoms with Crippen LogP contribution in [-0.4, -0.2) is 39.0 Å². The summed E-state index contributed by atoms with van der Waals surface area (Å²) in [5, 5.41) is 1.86. The largest absolute Gasteiger partial charge is 0.326 e. The molecule has 2 heterocycles. The Morgan fingerprint density at radius 2 is 2.10 bits per heavy atom. The van der Waals surface area contributed by atoms with Gasteiger partial charge in [-0.1, -0.05) is 6.92 Å². The van der Waals surface area contributed by atoms with Crippen LogP contribution in [0, 0.1) is 6.92 Å². The van der Waals surface area contributed by atoms with Gasteiger partial charge >= 0.3 is 0 Å². The molecule has 1 fully saturated rings. The summed E-state index contributed by atoms with van der Waals surface area (Å²) in [4.78, 5) is 3.53. The predicted molar refractivity (Wildman–Crippen MR) is 87.0 cm³/mol. The molecule has 0 atom stereocenters. The topological polar surface area (TPSA) is 75.4 Å². The van der Waals surface area contributed by atoms with E-state index in [1.165, 1.54) is 11.3 Å². The summed E-state index contributed by atoms with van der Waals surface area (Å²) in [5.41, 5.74) is 6.45. The molecular weight excluding hydrogens is 306 g/mol. The maximum atomic E-state index is 12.6. The standard InChI is InChI=1S/C14H25N3O2S2/c1-3-6-17-7-4-12(5-8-17)16-21(18,19)14-11(2)10-20-13(14)9-15/h10,12,16H,3-9,15H2,1-2H3. The van der Waals surface area contributed by atoms with E-state index in [2.05, 4.69) is 16.5 Å². The van der Waals surface area contributed by atoms with Gasteiger partial charge in [-0.25, -0.2) is 13.1 Å². The van der Waals surface area contributed by atoms with Gasteiger partial charge in [-0.3, -0.25) is 0 Å². The van der Waals surface area contributed by atoms with E-state index < -0.39 is 10.0 Å². The van der Waals surface area contributed by atoms with Crippen LogP contribution in [0.25, 0.3) is 0 Å². The molecule has 0 amide bonds. The zero-order valence-electron chi connectivity index (χ0n) is 12.8. The molecule has 7 heteroatoms. The Labute approximate surface area is 131 Å². The molecular formula is C14H25N3O2S2. The number of aryl methyl sites for hydroxylation is 1. The van der Waals surface area contributed by atoms with Crippen molar-refractivity contribution < 1.29 is 8.42 Å². The van der Waals surface area contributed by atoms with Crippen LogP contribution in [0.4, 0.5) is 0 Å². The lowest BCUT2D eigenvalue weighted by Crippen LogP contribution is -2.44. The van der Waals surface area contributed by atoms with Gasteiger partial charge in [0, 0.05) is 17.5 Å². The second-order valence-corrected chi connectivity index (χ2v) is 8.23. The lowest BCUT2D eigenvalue weighted by molar-refractivity contribution is 0.208. The highest BCUT2D eigenvalue weighted by Crippen LogP contribution is 2.27. The Hall–Kier alpha value is -0.470. The van der Waals surface area contributed by atoms with Crippen LogP contribution in [0.3, 0.4) is 0 Å². The number of rotatable bonds is 6. The van der Waals surface area contributed by atoms with Crippen molar-refractivity contribution in [1.82, 2.24) is 9.62 Å². The summed E-state index contributed by atoms with van der Waals surface area (Å²) in [7, 11) is -3.46. The first kappa shape index (κ1) is 16.9. The molecule has 0 spiro atoms. The first-order valence-corrected chi connectivity index (χ1v) is 9.86. The van der Waals surface area contributed by atoms with Crippen molar-refractivity contribution in [1.29, 1.82) is 0 Å². The zero-order valence-corrected chi connectivity index (χ0v) is 14.4. The number of sulfonamides is 1. The third-order valence-corrected chi connectivity index (χ3v) is 6.90. The molecule has 1 aromatic heterocycles. The third kappa shape index (κ3) is 4.04. The van der Waals surface area contributed by atoms with E-state index in [1.807, 2.05) is 12.3 Å². The average Bonchev–Trinajstić information content (AvgIpc) is 2.83. The first-order valence-electron chi connectivity index (χ1n) is 7.49. The lowest BCUT2D eigenvalue weighted by Gasteiger charge is -2.31. The smallest absolute Gasteiger partial charge is 0.242 e. The van der Waals surface area contributed by atoms with Gasteiger partial charge in [0.15, 0.2) is 0 Å². The molecule has 0 aromatic carbocycles. The van der Waals surface area contributed by atoms with Crippen LogP contribution in [0.5, 0.6) is 0 Å². The van der Waals surface area contributed by atoms with Crippen molar-refractivity contribution >= 4 is 21.4 Å². The number of nitrogens with one attached hydrogen (secondary N) is 1. The van der Waals surface area contributed by atoms with Crippen molar-refractivity contribution in [3.8, 4) is 0 Å². The van der Waals surface area contributed by atoms with Crippen molar-refractivity contribution in [3.63, 3.8) is 0 Å². The van der Waals surface area contributed by atoms with Gasteiger partial charge in [-0.15, -0.1) is 11.3 Å². The Morgan fingerprint density at radius 3 is 2.67 bits per heavy atom. The maximum Gasteiger partial charge on any atom is 0.242 e. The van der Waals surface area contributed by atoms with Gasteiger partial charge in [0.2, 0.25) is 10.0 Å². The van der Waals surface area contributed by atoms with E-state index in [9.17, 15) is 8.42 Å². The second-order valence-electron chi connectivity index (χ2n) is 5.61. The predicted octanol–water partition coefficient (Wildman–Crippen LogP) is 1.67. The van der Waals surface area contributed by atoms with Gasteiger partial charge in [-0.2, -0.15) is 0 Å². The highest BCUT2D eigenvalue weighted by molar-refractivity contribution is 7.89. The summed E-state index contributed by atoms with van der Waals surface area (Å²) in [6.45, 7) is 7.29. The zero-order chi connectivity index (χ0) is 15.5. The van der Waals surface area contributed by atoms with E-state index in [-0.39, 0.29) is 12.6 Å². The molecule has 0 unspecified atom stereocenters. The van der Waals surface area contributed by atoms with Crippen molar-refractivity contribution in [2.24, 2.45) is 5.73 Å². The van der Waals surface area contributed by atoms with Crippen LogP contribution in [0.15, 0.2) is 10.3 Å². The molecule has 0 radical (unpaired) electrons. The Kier molecular flexibility index (Phi) is 5.79. The van der Waals surface area contributed by atoms with Crippen LogP contribution >= 0.6 is 11.3 Å². The van der Waals surface area contributed by atoms with Crippen LogP contribution < -0.4 is 10.5 Å². The summed E-state index contributed by atoms with van der Waals surface area (Å²) >= 11 is 1.42. The molecule has 21 heavy (non-hydrogen) atoms. The fourth-order valence-electron chi connectivity index (χ4n) is 2.86. The second kappa shape index (κ2) is 7.19. The molecule has 3 N–H and O–H groups in total. The van der Waals surface area contributed by atoms with E-state index in [4.69, 9.17) is 5.73 Å². The van der Waals surface area contributed by atoms with E-state index >= 15 is 0 Å². The molecule has 1 aliphatic rings. The number of likely N-dealkylation sites (tertiary alicyclic amines) is 1. The molecule has 120 valence electrons. The molecule has 2 rings (SSSR count). The molecule has 5 nitrogen and oxygen atoms in total. The minimum Gasteiger partial charge on any atom is -0.326 e. The number of piperidine rings is 1. The Balaban J connectivity index is 2.04. The Morgan fingerprint density at radius 1 is 1.43 bits per heavy atom. The molecule has 1 aromatic rings. The fraction of sp³-hybridized carbons (Fsp3) is 0.714. The number of hydrogen-bond acceptors (Lipinski definition) is 5. The SMILES string of the molecule is CCCN1CCC(NS(=O)(=O)c2c(C)csc2CN)CC1. The first-order chi connectivity index (χ1) is 9.97. The minimum absolute atomic E-state index is 0.0352. The van der Waals surface area contributed by atoms with Gasteiger partial charge in [-0.05, 0) is 56.8 Å². The normalized spacial score (nSPS) is 18.2. The quantitative estimate of drug-likeness (QED) is 0.831. The average molecular weight is 332 g/mol. The fourth-order valence-corrected chi connectivity index (χ4v) is 5.87. The van der Waals surface area contributed by atoms with E-state index in [0.717, 1.165) is 49.3 Å². The van der Waals surface area contributed by atoms with Gasteiger partial charge < -0.3 is 10.6 Å². The van der Waals surface area contributed by atoms with Crippen LogP contribution in [0.2, 0.25) is 0 Å². The highest BCUT2D eigenvalue weighted by atomic mass is 32.2. The maximum absolute atomic E-state index is 12.6. The van der Waals surface area contributed by atoms with Crippen molar-refractivity contribution in [3.05, 3.63) is 15.8 Å². The van der Waals surface area contributed by atoms with Crippen LogP contribution in [-0.2, 0) is 16.6 Å². The van der Waals surface area contributed by atoms with E-state index in [0.29, 0.717) is 4.90 Å². The van der Waals surface area contributed by atoms with Gasteiger partial charge in [0.1, 0.15) is 4.90 Å². The molecule has 0 bridgehead atoms. The summed E-state index contributed by atoms with van der Waals surface area (Å²) < 4.78 is 28.1. The summed E-state index contributed by atoms with van der Waals surface area (Å²) in [5.74, 6) is 0. The monoisotopic (exact) mass is 331 g/mol. The summed E-state index contributed by atoms with van der Waals surface area (Å²) in [6.07, 6.45) is 2.89. The van der Waals surface area contributed by atoms with Crippen molar-refractivity contribution in [2.45, 2.75) is 50.6 Å². The Bertz CT molecular complexity index is 561. The molecule has 1 aliphatic heterocycles.